The fourth-order valence-electron chi connectivity index (χ4n) is 6.85. The molecular weight excluding hydrogens is 840 g/mol. The second-order valence-electron chi connectivity index (χ2n) is 17.5. The number of nitrogens with zero attached hydrogens (tertiary/aromatic N) is 1. The molecule has 0 radical (unpaired) electrons. The largest absolute Gasteiger partial charge is 0.488 e. The van der Waals surface area contributed by atoms with E-state index >= 15 is 0 Å². The van der Waals surface area contributed by atoms with Crippen LogP contribution in [0.4, 0.5) is 0 Å². The number of benzene rings is 2. The fourth-order valence-corrected chi connectivity index (χ4v) is 20.6. The second kappa shape index (κ2) is 24.8. The molecule has 1 aliphatic rings. The summed E-state index contributed by atoms with van der Waals surface area (Å²) in [6.07, 6.45) is -2.60. The van der Waals surface area contributed by atoms with Gasteiger partial charge in [-0.05, 0) is 58.5 Å². The zero-order valence-corrected chi connectivity index (χ0v) is 42.2. The Morgan fingerprint density at radius 1 is 0.783 bits per heavy atom. The summed E-state index contributed by atoms with van der Waals surface area (Å²) in [7, 11) is -5.88. The number of hydrogen-bond donors (Lipinski definition) is 0. The number of rotatable bonds is 27. The Labute approximate surface area is 364 Å². The van der Waals surface area contributed by atoms with E-state index in [1.165, 1.54) is 13.8 Å². The molecule has 1 heterocycles. The van der Waals surface area contributed by atoms with Gasteiger partial charge in [0.15, 0.2) is 8.32 Å². The van der Waals surface area contributed by atoms with E-state index in [1.54, 1.807) is 7.11 Å². The summed E-state index contributed by atoms with van der Waals surface area (Å²) in [6, 6.07) is 20.0. The van der Waals surface area contributed by atoms with Crippen molar-refractivity contribution >= 4 is 53.5 Å². The summed E-state index contributed by atoms with van der Waals surface area (Å²) in [4.78, 5) is 23.0. The Hall–Kier alpha value is -1.87. The number of carbonyl (C=O) groups is 2. The standard InChI is InChI=1S/C41H71BNO13PSi3/c1-30(2)43(31(3)4)57(46-7)54-38-36(52-40(42)39(38)53-41(49-26-24-47-32(5)44)50-27-25-48-33(6)45)28-51-60(29-58(8,9)10,56-59(11,12)13)55-37(34-20-16-14-17-21-34)35-22-18-15-19-23-35/h14-23,30-31,36-41H,24-29,42H2,1-13H3/t36-,38?,39+,40-,57?,60?/m1/s1. The third kappa shape index (κ3) is 18.1. The second-order valence-corrected chi connectivity index (χ2v) is 32.5. The molecule has 3 unspecified atom stereocenters. The number of ether oxygens (including phenoxy) is 6. The molecule has 6 atom stereocenters. The molecule has 0 saturated carbocycles. The van der Waals surface area contributed by atoms with Gasteiger partial charge >= 0.3 is 20.7 Å². The van der Waals surface area contributed by atoms with Crippen molar-refractivity contribution in [3.63, 3.8) is 0 Å². The molecule has 2 aromatic carbocycles. The number of carbonyl (C=O) groups excluding carboxylic acids is 2. The van der Waals surface area contributed by atoms with Gasteiger partial charge in [-0.25, -0.2) is 4.67 Å². The van der Waals surface area contributed by atoms with E-state index in [1.807, 2.05) is 44.2 Å². The highest BCUT2D eigenvalue weighted by Crippen LogP contribution is 2.49. The Bertz CT molecular complexity index is 1470. The van der Waals surface area contributed by atoms with E-state index in [9.17, 15) is 9.59 Å². The zero-order valence-electron chi connectivity index (χ0n) is 38.3. The topological polar surface area (TPSA) is 139 Å². The molecule has 0 aromatic heterocycles. The highest BCUT2D eigenvalue weighted by molar-refractivity contribution is 7.44. The average Bonchev–Trinajstić information content (AvgIpc) is 3.44. The minimum absolute atomic E-state index is 0.0166. The Balaban J connectivity index is 2.09. The first-order valence-corrected chi connectivity index (χ1v) is 31.0. The van der Waals surface area contributed by atoms with Crippen LogP contribution in [0, 0.1) is 0 Å². The first-order valence-electron chi connectivity index (χ1n) is 20.9. The summed E-state index contributed by atoms with van der Waals surface area (Å²) in [5, 5.41) is 0. The molecule has 0 spiro atoms. The Morgan fingerprint density at radius 2 is 1.28 bits per heavy atom. The van der Waals surface area contributed by atoms with Gasteiger partial charge in [0.2, 0.25) is 0 Å². The number of esters is 2. The molecule has 19 heteroatoms. The van der Waals surface area contributed by atoms with Gasteiger partial charge < -0.3 is 50.4 Å². The van der Waals surface area contributed by atoms with Gasteiger partial charge in [0, 0.05) is 46.8 Å². The van der Waals surface area contributed by atoms with Crippen LogP contribution in [0.1, 0.15) is 58.8 Å². The van der Waals surface area contributed by atoms with E-state index in [0.29, 0.717) is 5.67 Å². The van der Waals surface area contributed by atoms with Gasteiger partial charge in [0.05, 0.1) is 25.8 Å². The maximum atomic E-state index is 11.5. The third-order valence-electron chi connectivity index (χ3n) is 8.89. The van der Waals surface area contributed by atoms with Crippen molar-refractivity contribution in [1.29, 1.82) is 0 Å². The van der Waals surface area contributed by atoms with Crippen LogP contribution in [0.15, 0.2) is 60.7 Å². The van der Waals surface area contributed by atoms with E-state index in [4.69, 9.17) is 50.4 Å². The average molecular weight is 912 g/mol. The van der Waals surface area contributed by atoms with Gasteiger partial charge in [-0.2, -0.15) is 0 Å². The quantitative estimate of drug-likeness (QED) is 0.0298. The minimum Gasteiger partial charge on any atom is -0.463 e. The first kappa shape index (κ1) is 52.5. The van der Waals surface area contributed by atoms with Crippen LogP contribution in [0.25, 0.3) is 0 Å². The van der Waals surface area contributed by atoms with Crippen molar-refractivity contribution in [2.45, 2.75) is 135 Å². The third-order valence-corrected chi connectivity index (χ3v) is 21.8. The summed E-state index contributed by atoms with van der Waals surface area (Å²) < 4.78 is 72.5. The lowest BCUT2D eigenvalue weighted by Crippen LogP contribution is -2.58. The zero-order chi connectivity index (χ0) is 44.7. The number of hydrogen-bond acceptors (Lipinski definition) is 14. The van der Waals surface area contributed by atoms with Crippen molar-refractivity contribution in [3.8, 4) is 0 Å². The van der Waals surface area contributed by atoms with Crippen LogP contribution in [0.2, 0.25) is 44.9 Å². The van der Waals surface area contributed by atoms with Gasteiger partial charge in [0.1, 0.15) is 45.5 Å². The van der Waals surface area contributed by atoms with Gasteiger partial charge in [-0.3, -0.25) is 9.59 Å². The van der Waals surface area contributed by atoms with Crippen LogP contribution in [0.3, 0.4) is 0 Å². The molecule has 0 N–H and O–H groups in total. The van der Waals surface area contributed by atoms with Crippen molar-refractivity contribution in [1.82, 2.24) is 4.67 Å². The van der Waals surface area contributed by atoms with Crippen molar-refractivity contribution in [3.05, 3.63) is 71.8 Å². The lowest BCUT2D eigenvalue weighted by Gasteiger charge is -2.41. The Morgan fingerprint density at radius 3 is 1.70 bits per heavy atom. The molecule has 1 aliphatic heterocycles. The molecule has 0 aliphatic carbocycles. The van der Waals surface area contributed by atoms with Crippen molar-refractivity contribution in [2.75, 3.05) is 40.1 Å². The van der Waals surface area contributed by atoms with E-state index in [0.717, 1.165) is 11.1 Å². The van der Waals surface area contributed by atoms with Crippen LogP contribution >= 0.6 is 8.53 Å². The normalized spacial score (nSPS) is 20.3. The molecule has 0 amide bonds. The molecule has 14 nitrogen and oxygen atoms in total. The molecule has 2 aromatic rings. The molecular formula is C41H71BNO13PSi3. The van der Waals surface area contributed by atoms with E-state index in [-0.39, 0.29) is 45.1 Å². The monoisotopic (exact) mass is 911 g/mol. The van der Waals surface area contributed by atoms with Crippen LogP contribution < -0.4 is 0 Å². The summed E-state index contributed by atoms with van der Waals surface area (Å²) in [6.45, 7) is 23.2. The van der Waals surface area contributed by atoms with Gasteiger partial charge in [0.25, 0.3) is 15.0 Å². The predicted octanol–water partition coefficient (Wildman–Crippen LogP) is 7.04. The molecule has 338 valence electrons. The molecule has 1 saturated heterocycles. The maximum absolute atomic E-state index is 11.5. The van der Waals surface area contributed by atoms with Gasteiger partial charge in [-0.1, -0.05) is 80.3 Å². The molecule has 3 rings (SSSR count). The molecule has 1 fully saturated rings. The van der Waals surface area contributed by atoms with Crippen LogP contribution in [-0.4, -0.2) is 133 Å². The molecule has 0 bridgehead atoms. The Kier molecular flexibility index (Phi) is 21.7. The van der Waals surface area contributed by atoms with Crippen molar-refractivity contribution in [2.24, 2.45) is 0 Å². The summed E-state index contributed by atoms with van der Waals surface area (Å²) in [5.41, 5.74) is 2.67. The predicted molar refractivity (Wildman–Crippen MR) is 242 cm³/mol. The highest BCUT2D eigenvalue weighted by atomic mass is 31.2. The summed E-state index contributed by atoms with van der Waals surface area (Å²) >= 11 is 0. The van der Waals surface area contributed by atoms with E-state index < -0.39 is 82.6 Å². The maximum Gasteiger partial charge on any atom is 0.488 e. The first-order chi connectivity index (χ1) is 28.1. The lowest BCUT2D eigenvalue weighted by atomic mass is 9.93. The molecule has 60 heavy (non-hydrogen) atoms. The fraction of sp³-hybridized carbons (Fsp3) is 0.659. The van der Waals surface area contributed by atoms with Crippen molar-refractivity contribution < 1.29 is 60.0 Å². The van der Waals surface area contributed by atoms with Crippen LogP contribution in [-0.2, 0) is 60.0 Å². The smallest absolute Gasteiger partial charge is 0.463 e. The lowest BCUT2D eigenvalue weighted by molar-refractivity contribution is -0.314. The van der Waals surface area contributed by atoms with E-state index in [2.05, 4.69) is 95.9 Å². The minimum atomic E-state index is -3.56. The summed E-state index contributed by atoms with van der Waals surface area (Å²) in [5.74, 6) is -0.883. The van der Waals surface area contributed by atoms with Crippen LogP contribution in [0.5, 0.6) is 0 Å². The van der Waals surface area contributed by atoms with Gasteiger partial charge in [-0.15, -0.1) is 0 Å². The highest BCUT2D eigenvalue weighted by Gasteiger charge is 2.53. The SMILES string of the molecule is B[C@@H]1O[C@H](CO[Si](C[Si](C)(C)C)(OC(c2ccccc2)c2ccccc2)O[Si](C)(C)C)C(OP(OC)N(C(C)C)C(C)C)[C@@H]1OC(OCCOC(C)=O)OCCOC(C)=O.